The van der Waals surface area contributed by atoms with Crippen LogP contribution in [0.3, 0.4) is 0 Å². The van der Waals surface area contributed by atoms with E-state index < -0.39 is 13.1 Å². The van der Waals surface area contributed by atoms with E-state index in [9.17, 15) is 0 Å². The first-order valence-corrected chi connectivity index (χ1v) is 26.1. The Morgan fingerprint density at radius 3 is 1.29 bits per heavy atom. The van der Waals surface area contributed by atoms with Crippen molar-refractivity contribution in [2.75, 3.05) is 6.61 Å². The van der Waals surface area contributed by atoms with Crippen LogP contribution in [-0.4, -0.2) is 29.2 Å². The number of fused-ring (bicyclic) bond motifs is 6. The molecule has 6 aromatic carbocycles. The molecule has 0 aromatic heterocycles. The monoisotopic (exact) mass is 1150 g/mol. The predicted octanol–water partition coefficient (Wildman–Crippen LogP) is 18.0. The van der Waals surface area contributed by atoms with Gasteiger partial charge >= 0.3 is 268 Å². The molecule has 22 heteroatoms. The molecule has 0 radical (unpaired) electrons. The summed E-state index contributed by atoms with van der Waals surface area (Å²) < 4.78 is 51.8. The number of benzene rings is 6. The maximum atomic E-state index is 6.46. The van der Waals surface area contributed by atoms with E-state index in [4.69, 9.17) is 176 Å². The summed E-state index contributed by atoms with van der Waals surface area (Å²) >= 11 is 75.9. The van der Waals surface area contributed by atoms with Crippen molar-refractivity contribution in [3.05, 3.63) is 156 Å². The first-order chi connectivity index (χ1) is 31.2. The third-order valence-electron chi connectivity index (χ3n) is 11.1. The molecule has 0 aliphatic carbocycles. The fourth-order valence-electron chi connectivity index (χ4n) is 8.07. The molecule has 0 unspecified atom stereocenters. The first-order valence-electron chi connectivity index (χ1n) is 19.3. The van der Waals surface area contributed by atoms with Gasteiger partial charge in [0.05, 0.1) is 0 Å². The van der Waals surface area contributed by atoms with Crippen molar-refractivity contribution in [2.24, 2.45) is 0 Å². The molecule has 6 aromatic rings. The van der Waals surface area contributed by atoms with Crippen LogP contribution in [0.1, 0.15) is 36.6 Å². The van der Waals surface area contributed by atoms with Gasteiger partial charge in [0.2, 0.25) is 6.04 Å². The Morgan fingerprint density at radius 1 is 0.470 bits per heavy atom. The second-order valence-corrected chi connectivity index (χ2v) is 23.5. The second-order valence-electron chi connectivity index (χ2n) is 15.7. The van der Waals surface area contributed by atoms with Crippen LogP contribution < -0.4 is 27.1 Å². The van der Waals surface area contributed by atoms with Crippen LogP contribution in [0, 0.1) is 0 Å². The van der Waals surface area contributed by atoms with Gasteiger partial charge in [0.15, 0.2) is 18.5 Å². The molecular weight excluding hydrogens is 1130 g/mol. The Morgan fingerprint density at radius 2 is 0.848 bits per heavy atom. The maximum absolute atomic E-state index is 6.81. The third-order valence-corrected chi connectivity index (χ3v) is 19.7. The number of hydrogen-bond acceptors (Lipinski definition) is 8. The Bertz CT molecular complexity index is 2830. The van der Waals surface area contributed by atoms with Gasteiger partial charge in [-0.05, 0) is 36.6 Å². The Balaban J connectivity index is 0.000000160. The van der Waals surface area contributed by atoms with E-state index in [1.807, 2.05) is 19.9 Å². The predicted molar refractivity (Wildman–Crippen MR) is 265 cm³/mol. The molecular formula is C44H26Cl12NO8P. The van der Waals surface area contributed by atoms with E-state index in [1.54, 1.807) is 0 Å². The normalized spacial score (nSPS) is 21.3. The molecule has 0 saturated carbocycles. The van der Waals surface area contributed by atoms with Crippen molar-refractivity contribution < 1.29 is 41.2 Å². The molecule has 344 valence electrons. The van der Waals surface area contributed by atoms with Gasteiger partial charge in [0.25, 0.3) is 0 Å². The summed E-state index contributed by atoms with van der Waals surface area (Å²) in [5, 5.41) is -2.92. The molecule has 1 saturated heterocycles. The molecule has 2 atom stereocenters. The zero-order chi connectivity index (χ0) is 46.9. The van der Waals surface area contributed by atoms with Crippen molar-refractivity contribution in [3.8, 4) is 45.6 Å². The van der Waals surface area contributed by atoms with Crippen molar-refractivity contribution >= 4 is 153 Å². The van der Waals surface area contributed by atoms with Gasteiger partial charge in [0.1, 0.15) is 12.7 Å². The third kappa shape index (κ3) is 7.26. The van der Waals surface area contributed by atoms with Crippen LogP contribution in [0.25, 0.3) is 11.1 Å². The molecule has 0 bridgehead atoms. The van der Waals surface area contributed by atoms with Crippen molar-refractivity contribution in [2.45, 2.75) is 38.3 Å². The first kappa shape index (κ1) is 47.3. The van der Waals surface area contributed by atoms with Crippen LogP contribution in [0.4, 0.5) is 0 Å². The summed E-state index contributed by atoms with van der Waals surface area (Å²) in [6.07, 6.45) is 2.22. The second kappa shape index (κ2) is 16.3. The average Bonchev–Trinajstić information content (AvgIpc) is 3.88. The molecule has 1 spiro atoms. The molecule has 5 aliphatic heterocycles. The summed E-state index contributed by atoms with van der Waals surface area (Å²) in [7, 11) is -6.81. The molecule has 66 heavy (non-hydrogen) atoms. The summed E-state index contributed by atoms with van der Waals surface area (Å²) in [5.41, 5.74) is 6.32. The van der Waals surface area contributed by atoms with E-state index >= 15 is 0 Å². The Hall–Kier alpha value is -2.38. The average molecular weight is 1150 g/mol. The Kier molecular flexibility index (Phi) is 11.7. The van der Waals surface area contributed by atoms with E-state index in [2.05, 4.69) is 83.6 Å². The minimum atomic E-state index is -6.81. The van der Waals surface area contributed by atoms with Crippen molar-refractivity contribution in [1.29, 1.82) is 0 Å². The van der Waals surface area contributed by atoms with Gasteiger partial charge in [-0.2, -0.15) is 0 Å². The SMILES string of the molecule is CC1(C)OC[C@H]([N+]2=Cc3ccccc3-c3ccccc3C2)[C@H](c2ccccc2)O1.Clc1c(Cl)c(Cl)c2c(c1Cl)O[P-]13(O2)(Oc2c(Cl)c(Cl)c(Cl)c(Cl)c2O1)Oc1c(Cl)c(Cl)c(Cl)c(Cl)c1O3. The van der Waals surface area contributed by atoms with Gasteiger partial charge in [-0.15, -0.1) is 0 Å². The number of halogens is 12. The summed E-state index contributed by atoms with van der Waals surface area (Å²) in [5.74, 6) is -2.73. The van der Waals surface area contributed by atoms with E-state index in [-0.39, 0.29) is 107 Å². The molecule has 5 aliphatic rings. The number of rotatable bonds is 2. The fraction of sp³-hybridized carbons (Fsp3) is 0.159. The molecule has 1 fully saturated rings. The van der Waals surface area contributed by atoms with E-state index in [0.717, 1.165) is 6.54 Å². The van der Waals surface area contributed by atoms with E-state index in [1.165, 1.54) is 27.8 Å². The zero-order valence-electron chi connectivity index (χ0n) is 33.3. The minimum absolute atomic E-state index is 0.0615. The van der Waals surface area contributed by atoms with Crippen LogP contribution in [0.2, 0.25) is 60.3 Å². The standard InChI is InChI=1S/C26H26NO2.C18Cl12O6P/c1-26(2)28-18-24(25(29-26)19-10-4-3-5-11-19)27-16-20-12-6-8-14-22(20)23-15-9-7-13-21(23)17-27;19-1-2(20)8(26)14-13(7(1)25)31-37(32-14,33-15-9(27)3(21)4(22)10(28)16(15)34-37)35-17-11(29)5(23)6(24)12(30)18(17)36-37/h3-16,24-25H,17-18H2,1-2H3;/q+1;-1/t24-,25-;/m0./s1. The number of nitrogens with zero attached hydrogens (tertiary/aromatic N) is 1. The number of hydrogen-bond donors (Lipinski definition) is 0. The molecule has 5 heterocycles. The van der Waals surface area contributed by atoms with Crippen LogP contribution >= 0.6 is 147 Å². The number of ether oxygens (including phenoxy) is 2. The van der Waals surface area contributed by atoms with Crippen LogP contribution in [0.15, 0.2) is 78.9 Å². The van der Waals surface area contributed by atoms with Gasteiger partial charge < -0.3 is 9.47 Å². The molecule has 9 nitrogen and oxygen atoms in total. The van der Waals surface area contributed by atoms with Crippen molar-refractivity contribution in [3.63, 3.8) is 0 Å². The van der Waals surface area contributed by atoms with Crippen molar-refractivity contribution in [1.82, 2.24) is 0 Å². The molecule has 0 amide bonds. The quantitative estimate of drug-likeness (QED) is 0.0735. The van der Waals surface area contributed by atoms with Gasteiger partial charge in [0, 0.05) is 11.1 Å². The fourth-order valence-corrected chi connectivity index (χ4v) is 14.9. The Labute approximate surface area is 436 Å². The topological polar surface area (TPSA) is 76.9 Å². The molecule has 0 N–H and O–H groups in total. The van der Waals surface area contributed by atoms with Gasteiger partial charge in [-0.25, -0.2) is 4.58 Å². The summed E-state index contributed by atoms with van der Waals surface area (Å²) in [6.45, 7) is 5.44. The van der Waals surface area contributed by atoms with E-state index in [0.29, 0.717) is 6.61 Å². The molecule has 11 rings (SSSR count). The van der Waals surface area contributed by atoms with Crippen LogP contribution in [0.5, 0.6) is 34.5 Å². The summed E-state index contributed by atoms with van der Waals surface area (Å²) in [6, 6.07) is 27.9. The van der Waals surface area contributed by atoms with Gasteiger partial charge in [-0.1, -0.05) is 72.8 Å². The zero-order valence-corrected chi connectivity index (χ0v) is 43.3. The van der Waals surface area contributed by atoms with Gasteiger partial charge in [-0.3, -0.25) is 0 Å². The summed E-state index contributed by atoms with van der Waals surface area (Å²) in [4.78, 5) is 0. The van der Waals surface area contributed by atoms with Crippen LogP contribution in [-0.2, 0) is 16.0 Å².